The zero-order valence-corrected chi connectivity index (χ0v) is 8.45. The number of alkyl halides is 3. The molecule has 0 radical (unpaired) electrons. The lowest BCUT2D eigenvalue weighted by molar-refractivity contribution is -0.138. The third-order valence-electron chi connectivity index (χ3n) is 1.83. The van der Waals surface area contributed by atoms with Crippen LogP contribution in [0.1, 0.15) is 10.4 Å². The second-order valence-electron chi connectivity index (χ2n) is 3.21. The lowest BCUT2D eigenvalue weighted by atomic mass is 10.2. The first-order valence-electron chi connectivity index (χ1n) is 4.34. The number of rotatable bonds is 2. The zero-order valence-electron chi connectivity index (χ0n) is 8.45. The minimum Gasteiger partial charge on any atom is -0.383 e. The van der Waals surface area contributed by atoms with Crippen LogP contribution < -0.4 is 5.73 Å². The van der Waals surface area contributed by atoms with Crippen LogP contribution in [0.3, 0.4) is 0 Å². The minimum absolute atomic E-state index is 0.0331. The van der Waals surface area contributed by atoms with Gasteiger partial charge in [0.15, 0.2) is 0 Å². The van der Waals surface area contributed by atoms with Crippen molar-refractivity contribution >= 4 is 11.7 Å². The average molecular weight is 233 g/mol. The van der Waals surface area contributed by atoms with Crippen molar-refractivity contribution in [1.29, 1.82) is 0 Å². The quantitative estimate of drug-likeness (QED) is 0.837. The molecule has 1 aromatic heterocycles. The topological polar surface area (TPSA) is 59.2 Å². The fourth-order valence-corrected chi connectivity index (χ4v) is 1.14. The van der Waals surface area contributed by atoms with E-state index in [2.05, 4.69) is 4.98 Å². The molecule has 0 aliphatic carbocycles. The molecular weight excluding hydrogens is 223 g/mol. The summed E-state index contributed by atoms with van der Waals surface area (Å²) >= 11 is 0. The minimum atomic E-state index is -4.43. The predicted molar refractivity (Wildman–Crippen MR) is 51.7 cm³/mol. The van der Waals surface area contributed by atoms with Crippen LogP contribution in [0.2, 0.25) is 0 Å². The van der Waals surface area contributed by atoms with E-state index in [4.69, 9.17) is 5.73 Å². The number of halogens is 3. The second-order valence-corrected chi connectivity index (χ2v) is 3.21. The molecule has 0 fully saturated rings. The third-order valence-corrected chi connectivity index (χ3v) is 1.83. The molecule has 0 aliphatic heterocycles. The van der Waals surface area contributed by atoms with E-state index in [9.17, 15) is 18.0 Å². The monoisotopic (exact) mass is 233 g/mol. The molecule has 1 heterocycles. The van der Waals surface area contributed by atoms with E-state index in [0.29, 0.717) is 4.90 Å². The number of carbonyl (C=O) groups is 1. The number of aromatic nitrogens is 1. The summed E-state index contributed by atoms with van der Waals surface area (Å²) in [5, 5.41) is 0. The summed E-state index contributed by atoms with van der Waals surface area (Å²) in [5.41, 5.74) is 5.35. The summed E-state index contributed by atoms with van der Waals surface area (Å²) in [5.74, 6) is -0.885. The number of nitrogens with zero attached hydrogens (tertiary/aromatic N) is 2. The summed E-state index contributed by atoms with van der Waals surface area (Å²) in [7, 11) is 1.06. The number of hydrogen-bond donors (Lipinski definition) is 1. The van der Waals surface area contributed by atoms with Crippen molar-refractivity contribution in [3.63, 3.8) is 0 Å². The second kappa shape index (κ2) is 4.38. The molecule has 1 aromatic rings. The molecule has 0 spiro atoms. The van der Waals surface area contributed by atoms with Gasteiger partial charge < -0.3 is 10.6 Å². The van der Waals surface area contributed by atoms with Gasteiger partial charge in [0.1, 0.15) is 12.4 Å². The van der Waals surface area contributed by atoms with Crippen LogP contribution in [-0.2, 0) is 0 Å². The summed E-state index contributed by atoms with van der Waals surface area (Å²) < 4.78 is 36.1. The van der Waals surface area contributed by atoms with Gasteiger partial charge in [0.25, 0.3) is 5.91 Å². The molecule has 0 atom stereocenters. The molecule has 0 saturated carbocycles. The van der Waals surface area contributed by atoms with Crippen LogP contribution >= 0.6 is 0 Å². The largest absolute Gasteiger partial charge is 0.406 e. The van der Waals surface area contributed by atoms with Crippen LogP contribution in [0, 0.1) is 0 Å². The number of hydrogen-bond acceptors (Lipinski definition) is 3. The van der Waals surface area contributed by atoms with Crippen LogP contribution in [0.25, 0.3) is 0 Å². The zero-order chi connectivity index (χ0) is 12.3. The van der Waals surface area contributed by atoms with E-state index in [1.807, 2.05) is 0 Å². The van der Waals surface area contributed by atoms with Crippen molar-refractivity contribution in [3.05, 3.63) is 23.9 Å². The van der Waals surface area contributed by atoms with Gasteiger partial charge in [0, 0.05) is 13.2 Å². The molecule has 0 bridgehead atoms. The summed E-state index contributed by atoms with van der Waals surface area (Å²) in [6.45, 7) is -1.32. The van der Waals surface area contributed by atoms with Crippen molar-refractivity contribution in [3.8, 4) is 0 Å². The first-order chi connectivity index (χ1) is 7.31. The maximum Gasteiger partial charge on any atom is 0.406 e. The van der Waals surface area contributed by atoms with E-state index in [1.165, 1.54) is 18.3 Å². The number of pyridine rings is 1. The molecule has 4 nitrogen and oxygen atoms in total. The Labute approximate surface area is 89.9 Å². The fourth-order valence-electron chi connectivity index (χ4n) is 1.14. The maximum atomic E-state index is 12.0. The molecule has 16 heavy (non-hydrogen) atoms. The molecule has 0 aliphatic rings. The van der Waals surface area contributed by atoms with Crippen LogP contribution in [0.5, 0.6) is 0 Å². The molecule has 2 N–H and O–H groups in total. The van der Waals surface area contributed by atoms with Gasteiger partial charge in [-0.1, -0.05) is 0 Å². The predicted octanol–water partition coefficient (Wildman–Crippen LogP) is 1.30. The smallest absolute Gasteiger partial charge is 0.383 e. The van der Waals surface area contributed by atoms with Crippen molar-refractivity contribution in [2.45, 2.75) is 6.18 Å². The van der Waals surface area contributed by atoms with E-state index in [-0.39, 0.29) is 11.4 Å². The first-order valence-corrected chi connectivity index (χ1v) is 4.34. The highest BCUT2D eigenvalue weighted by Gasteiger charge is 2.31. The third kappa shape index (κ3) is 3.11. The van der Waals surface area contributed by atoms with Crippen LogP contribution in [-0.4, -0.2) is 35.6 Å². The number of anilines is 1. The Balaban J connectivity index is 2.83. The lowest BCUT2D eigenvalue weighted by Crippen LogP contribution is -2.36. The Morgan fingerprint density at radius 1 is 1.56 bits per heavy atom. The summed E-state index contributed by atoms with van der Waals surface area (Å²) in [6, 6.07) is 2.77. The summed E-state index contributed by atoms with van der Waals surface area (Å²) in [4.78, 5) is 15.7. The molecular formula is C9H10F3N3O. The molecule has 0 saturated heterocycles. The Bertz CT molecular complexity index is 392. The van der Waals surface area contributed by atoms with Crippen LogP contribution in [0.4, 0.5) is 19.0 Å². The van der Waals surface area contributed by atoms with Gasteiger partial charge in [-0.15, -0.1) is 0 Å². The van der Waals surface area contributed by atoms with Gasteiger partial charge >= 0.3 is 6.18 Å². The van der Waals surface area contributed by atoms with Crippen molar-refractivity contribution < 1.29 is 18.0 Å². The maximum absolute atomic E-state index is 12.0. The van der Waals surface area contributed by atoms with Gasteiger partial charge in [0.05, 0.1) is 5.56 Å². The van der Waals surface area contributed by atoms with Crippen molar-refractivity contribution in [1.82, 2.24) is 9.88 Å². The van der Waals surface area contributed by atoms with E-state index in [0.717, 1.165) is 7.05 Å². The molecule has 0 unspecified atom stereocenters. The van der Waals surface area contributed by atoms with Gasteiger partial charge in [-0.3, -0.25) is 4.79 Å². The molecule has 88 valence electrons. The highest BCUT2D eigenvalue weighted by atomic mass is 19.4. The lowest BCUT2D eigenvalue weighted by Gasteiger charge is -2.19. The SMILES string of the molecule is CN(CC(F)(F)F)C(=O)c1cccnc1N. The molecule has 1 amide bonds. The van der Waals surface area contributed by atoms with Crippen molar-refractivity contribution in [2.24, 2.45) is 0 Å². The standard InChI is InChI=1S/C9H10F3N3O/c1-15(5-9(10,11)12)8(16)6-3-2-4-14-7(6)13/h2-4H,5H2,1H3,(H2,13,14). The molecule has 7 heteroatoms. The Morgan fingerprint density at radius 2 is 2.19 bits per heavy atom. The Hall–Kier alpha value is -1.79. The van der Waals surface area contributed by atoms with Gasteiger partial charge in [0.2, 0.25) is 0 Å². The molecule has 0 aromatic carbocycles. The van der Waals surface area contributed by atoms with E-state index >= 15 is 0 Å². The average Bonchev–Trinajstić information content (AvgIpc) is 2.15. The van der Waals surface area contributed by atoms with Crippen molar-refractivity contribution in [2.75, 3.05) is 19.3 Å². The number of nitrogens with two attached hydrogens (primary N) is 1. The summed E-state index contributed by atoms with van der Waals surface area (Å²) in [6.07, 6.45) is -3.07. The van der Waals surface area contributed by atoms with E-state index < -0.39 is 18.6 Å². The van der Waals surface area contributed by atoms with Crippen LogP contribution in [0.15, 0.2) is 18.3 Å². The first kappa shape index (κ1) is 12.3. The fraction of sp³-hybridized carbons (Fsp3) is 0.333. The number of carbonyl (C=O) groups excluding carboxylic acids is 1. The van der Waals surface area contributed by atoms with Gasteiger partial charge in [-0.2, -0.15) is 13.2 Å². The highest BCUT2D eigenvalue weighted by Crippen LogP contribution is 2.18. The highest BCUT2D eigenvalue weighted by molar-refractivity contribution is 5.98. The van der Waals surface area contributed by atoms with Gasteiger partial charge in [-0.05, 0) is 12.1 Å². The van der Waals surface area contributed by atoms with Gasteiger partial charge in [-0.25, -0.2) is 4.98 Å². The Kier molecular flexibility index (Phi) is 3.36. The number of amides is 1. The normalized spacial score (nSPS) is 11.2. The Morgan fingerprint density at radius 3 is 2.69 bits per heavy atom. The number of nitrogen functional groups attached to an aromatic ring is 1. The van der Waals surface area contributed by atoms with E-state index in [1.54, 1.807) is 0 Å². The molecule has 1 rings (SSSR count).